The number of carbonyl (C=O) groups excluding carboxylic acids is 3. The summed E-state index contributed by atoms with van der Waals surface area (Å²) in [5.41, 5.74) is 0.818. The number of halogens is 1. The molecule has 0 spiro atoms. The number of hydrogen-bond acceptors (Lipinski definition) is 3. The van der Waals surface area contributed by atoms with Crippen LogP contribution in [0.2, 0.25) is 0 Å². The van der Waals surface area contributed by atoms with Crippen molar-refractivity contribution in [1.29, 1.82) is 0 Å². The number of hydrogen-bond donors (Lipinski definition) is 1. The lowest BCUT2D eigenvalue weighted by Gasteiger charge is -2.20. The van der Waals surface area contributed by atoms with Crippen LogP contribution in [0.3, 0.4) is 0 Å². The van der Waals surface area contributed by atoms with E-state index in [1.165, 1.54) is 0 Å². The molecule has 1 aromatic carbocycles. The maximum absolute atomic E-state index is 12.4. The molecule has 0 bridgehead atoms. The van der Waals surface area contributed by atoms with Crippen LogP contribution >= 0.6 is 15.9 Å². The first-order valence-corrected chi connectivity index (χ1v) is 10.5. The van der Waals surface area contributed by atoms with Gasteiger partial charge in [0.25, 0.3) is 0 Å². The summed E-state index contributed by atoms with van der Waals surface area (Å²) in [4.78, 5) is 40.2. The number of amides is 3. The van der Waals surface area contributed by atoms with Crippen molar-refractivity contribution in [2.45, 2.75) is 38.5 Å². The summed E-state index contributed by atoms with van der Waals surface area (Å²) >= 11 is 3.38. The Hall–Kier alpha value is -1.89. The Morgan fingerprint density at radius 3 is 2.67 bits per heavy atom. The number of anilines is 1. The fourth-order valence-electron chi connectivity index (χ4n) is 3.65. The average Bonchev–Trinajstić information content (AvgIpc) is 2.93. The van der Waals surface area contributed by atoms with Crippen LogP contribution < -0.4 is 10.2 Å². The number of benzene rings is 1. The Morgan fingerprint density at radius 2 is 1.89 bits per heavy atom. The minimum absolute atomic E-state index is 0.0207. The Bertz CT molecular complexity index is 692. The van der Waals surface area contributed by atoms with Crippen LogP contribution in [0.5, 0.6) is 0 Å². The van der Waals surface area contributed by atoms with Gasteiger partial charge in [-0.15, -0.1) is 0 Å². The summed E-state index contributed by atoms with van der Waals surface area (Å²) in [5, 5.41) is 2.93. The van der Waals surface area contributed by atoms with E-state index in [0.29, 0.717) is 26.1 Å². The van der Waals surface area contributed by atoms with Gasteiger partial charge in [-0.05, 0) is 43.5 Å². The largest absolute Gasteiger partial charge is 0.356 e. The zero-order chi connectivity index (χ0) is 19.2. The highest BCUT2D eigenvalue weighted by molar-refractivity contribution is 9.10. The van der Waals surface area contributed by atoms with Crippen molar-refractivity contribution in [1.82, 2.24) is 10.2 Å². The van der Waals surface area contributed by atoms with Crippen LogP contribution in [0.15, 0.2) is 28.7 Å². The molecule has 27 heavy (non-hydrogen) atoms. The molecule has 0 aliphatic carbocycles. The molecule has 1 N–H and O–H groups in total. The number of nitrogens with zero attached hydrogens (tertiary/aromatic N) is 2. The predicted octanol–water partition coefficient (Wildman–Crippen LogP) is 2.71. The second-order valence-electron chi connectivity index (χ2n) is 7.22. The normalized spacial score (nSPS) is 20.7. The van der Waals surface area contributed by atoms with Gasteiger partial charge >= 0.3 is 0 Å². The summed E-state index contributed by atoms with van der Waals surface area (Å²) in [6.45, 7) is 2.46. The van der Waals surface area contributed by atoms with Gasteiger partial charge in [0.1, 0.15) is 0 Å². The van der Waals surface area contributed by atoms with E-state index in [0.717, 1.165) is 42.4 Å². The van der Waals surface area contributed by atoms with E-state index in [2.05, 4.69) is 21.2 Å². The smallest absolute Gasteiger partial charge is 0.227 e. The fraction of sp³-hybridized carbons (Fsp3) is 0.550. The molecule has 6 nitrogen and oxygen atoms in total. The molecule has 1 unspecified atom stereocenters. The molecule has 3 amide bonds. The Balaban J connectivity index is 1.42. The number of carbonyl (C=O) groups is 3. The van der Waals surface area contributed by atoms with Crippen LogP contribution in [0.25, 0.3) is 0 Å². The highest BCUT2D eigenvalue weighted by atomic mass is 79.9. The first-order valence-electron chi connectivity index (χ1n) is 9.66. The maximum atomic E-state index is 12.4. The monoisotopic (exact) mass is 435 g/mol. The highest BCUT2D eigenvalue weighted by Crippen LogP contribution is 2.26. The Morgan fingerprint density at radius 1 is 1.11 bits per heavy atom. The lowest BCUT2D eigenvalue weighted by Crippen LogP contribution is -2.36. The third-order valence-electron chi connectivity index (χ3n) is 5.21. The van der Waals surface area contributed by atoms with Crippen LogP contribution in [0, 0.1) is 5.92 Å². The lowest BCUT2D eigenvalue weighted by molar-refractivity contribution is -0.130. The molecule has 2 fully saturated rings. The van der Waals surface area contributed by atoms with Gasteiger partial charge in [-0.3, -0.25) is 14.4 Å². The fourth-order valence-corrected chi connectivity index (χ4v) is 3.92. The average molecular weight is 436 g/mol. The van der Waals surface area contributed by atoms with E-state index >= 15 is 0 Å². The molecule has 0 aromatic heterocycles. The maximum Gasteiger partial charge on any atom is 0.227 e. The Kier molecular flexibility index (Phi) is 6.88. The molecule has 0 saturated carbocycles. The zero-order valence-electron chi connectivity index (χ0n) is 15.5. The van der Waals surface area contributed by atoms with Crippen molar-refractivity contribution in [3.63, 3.8) is 0 Å². The van der Waals surface area contributed by atoms with Gasteiger partial charge in [0, 0.05) is 49.2 Å². The molecule has 2 aliphatic rings. The van der Waals surface area contributed by atoms with Crippen LogP contribution in [-0.2, 0) is 14.4 Å². The van der Waals surface area contributed by atoms with Gasteiger partial charge in [0.2, 0.25) is 17.7 Å². The van der Waals surface area contributed by atoms with Crippen molar-refractivity contribution in [2.75, 3.05) is 31.1 Å². The van der Waals surface area contributed by atoms with Crippen molar-refractivity contribution >= 4 is 39.3 Å². The second kappa shape index (κ2) is 9.35. The van der Waals surface area contributed by atoms with E-state index in [9.17, 15) is 14.4 Å². The van der Waals surface area contributed by atoms with Crippen LogP contribution in [-0.4, -0.2) is 48.8 Å². The molecule has 146 valence electrons. The highest BCUT2D eigenvalue weighted by Gasteiger charge is 2.34. The number of rotatable bonds is 6. The van der Waals surface area contributed by atoms with Gasteiger partial charge in [0.05, 0.1) is 5.92 Å². The van der Waals surface area contributed by atoms with E-state index in [1.807, 2.05) is 29.2 Å². The van der Waals surface area contributed by atoms with Crippen molar-refractivity contribution in [3.8, 4) is 0 Å². The van der Waals surface area contributed by atoms with Gasteiger partial charge in [-0.2, -0.15) is 0 Å². The van der Waals surface area contributed by atoms with Gasteiger partial charge < -0.3 is 15.1 Å². The van der Waals surface area contributed by atoms with Gasteiger partial charge in [0.15, 0.2) is 0 Å². The van der Waals surface area contributed by atoms with Gasteiger partial charge in [-0.1, -0.05) is 22.4 Å². The topological polar surface area (TPSA) is 69.7 Å². The molecular weight excluding hydrogens is 410 g/mol. The molecule has 7 heteroatoms. The number of likely N-dealkylation sites (tertiary alicyclic amines) is 1. The Labute approximate surface area is 168 Å². The molecule has 1 aromatic rings. The molecule has 2 saturated heterocycles. The van der Waals surface area contributed by atoms with Crippen molar-refractivity contribution in [3.05, 3.63) is 28.7 Å². The standard InChI is InChI=1S/C20H26BrN3O3/c21-16-6-8-17(9-7-16)24-14-15(13-19(24)26)20(27)22-10-4-12-23-11-3-1-2-5-18(23)25/h6-9,15H,1-5,10-14H2,(H,22,27). The number of nitrogens with one attached hydrogen (secondary N) is 1. The van der Waals surface area contributed by atoms with Crippen molar-refractivity contribution in [2.24, 2.45) is 5.92 Å². The third-order valence-corrected chi connectivity index (χ3v) is 5.74. The first-order chi connectivity index (χ1) is 13.0. The third kappa shape index (κ3) is 5.31. The molecule has 1 atom stereocenters. The molecule has 2 heterocycles. The molecular formula is C20H26BrN3O3. The lowest BCUT2D eigenvalue weighted by atomic mass is 10.1. The quantitative estimate of drug-likeness (QED) is 0.698. The van der Waals surface area contributed by atoms with Crippen LogP contribution in [0.1, 0.15) is 38.5 Å². The van der Waals surface area contributed by atoms with E-state index in [-0.39, 0.29) is 30.1 Å². The van der Waals surface area contributed by atoms with Gasteiger partial charge in [-0.25, -0.2) is 0 Å². The summed E-state index contributed by atoms with van der Waals surface area (Å²) in [7, 11) is 0. The van der Waals surface area contributed by atoms with Crippen LogP contribution in [0.4, 0.5) is 5.69 Å². The minimum atomic E-state index is -0.319. The minimum Gasteiger partial charge on any atom is -0.356 e. The summed E-state index contributed by atoms with van der Waals surface area (Å²) < 4.78 is 0.954. The molecule has 0 radical (unpaired) electrons. The zero-order valence-corrected chi connectivity index (χ0v) is 17.0. The van der Waals surface area contributed by atoms with E-state index < -0.39 is 0 Å². The summed E-state index contributed by atoms with van der Waals surface area (Å²) in [5.74, 6) is -0.191. The second-order valence-corrected chi connectivity index (χ2v) is 8.13. The SMILES string of the molecule is O=C(NCCCN1CCCCCC1=O)C1CC(=O)N(c2ccc(Br)cc2)C1. The first kappa shape index (κ1) is 19.9. The van der Waals surface area contributed by atoms with E-state index in [4.69, 9.17) is 0 Å². The molecule has 2 aliphatic heterocycles. The van der Waals surface area contributed by atoms with Crippen molar-refractivity contribution < 1.29 is 14.4 Å². The molecule has 3 rings (SSSR count). The summed E-state index contributed by atoms with van der Waals surface area (Å²) in [6.07, 6.45) is 4.79. The van der Waals surface area contributed by atoms with E-state index in [1.54, 1.807) is 4.90 Å². The predicted molar refractivity (Wildman–Crippen MR) is 107 cm³/mol. The summed E-state index contributed by atoms with van der Waals surface area (Å²) in [6, 6.07) is 7.53.